The summed E-state index contributed by atoms with van der Waals surface area (Å²) in [5, 5.41) is 8.16. The quantitative estimate of drug-likeness (QED) is 0.0906. The van der Waals surface area contributed by atoms with Gasteiger partial charge in [0.15, 0.2) is 0 Å². The summed E-state index contributed by atoms with van der Waals surface area (Å²) in [6.45, 7) is 11.2. The van der Waals surface area contributed by atoms with E-state index in [1.54, 1.807) is 54.0 Å². The lowest BCUT2D eigenvalue weighted by molar-refractivity contribution is -0.125. The van der Waals surface area contributed by atoms with Crippen molar-refractivity contribution in [2.24, 2.45) is 18.6 Å². The number of rotatable bonds is 13. The number of terminal acetylenes is 1. The molecular formula is C31H41F3N8O. The summed E-state index contributed by atoms with van der Waals surface area (Å²) < 4.78 is 42.6. The van der Waals surface area contributed by atoms with Gasteiger partial charge >= 0.3 is 6.18 Å². The van der Waals surface area contributed by atoms with Gasteiger partial charge in [-0.25, -0.2) is 10.8 Å². The van der Waals surface area contributed by atoms with Crippen molar-refractivity contribution in [3.8, 4) is 12.8 Å². The Kier molecular flexibility index (Phi) is 14.6. The second kappa shape index (κ2) is 17.3. The number of halogens is 3. The molecule has 12 heteroatoms. The lowest BCUT2D eigenvalue weighted by Crippen LogP contribution is -2.28. The smallest absolute Gasteiger partial charge is 0.392 e. The summed E-state index contributed by atoms with van der Waals surface area (Å²) in [7, 11) is 1.80. The van der Waals surface area contributed by atoms with Crippen molar-refractivity contribution in [1.29, 1.82) is 0 Å². The third kappa shape index (κ3) is 11.6. The second-order valence-corrected chi connectivity index (χ2v) is 9.34. The standard InChI is InChI=1S/C29H39F3N8O.C2H2/c1-7-10-22(14-25(11-8-2)40(34)18-27(33)26-16-36-38(6)21(26)5)28(41)37-23(12-13-29(30,31)32)15-24(9-3)39-17-20(4)35-19-39;1-2/h9-10,12,14-19H,3,7-8,11,13,33-34H2,1-2,4-6H3,(H,37,41);1-2H/b22-10+,23-12+,24-15+,25-14+,27-18-;. The zero-order chi connectivity index (χ0) is 32.7. The van der Waals surface area contributed by atoms with Gasteiger partial charge in [0, 0.05) is 53.4 Å². The monoisotopic (exact) mass is 598 g/mol. The molecule has 5 N–H and O–H groups in total. The number of hydrogen-bond donors (Lipinski definition) is 3. The van der Waals surface area contributed by atoms with Gasteiger partial charge in [0.25, 0.3) is 5.91 Å². The van der Waals surface area contributed by atoms with Crippen LogP contribution in [0.1, 0.15) is 56.5 Å². The van der Waals surface area contributed by atoms with E-state index in [0.29, 0.717) is 42.0 Å². The third-order valence-corrected chi connectivity index (χ3v) is 6.00. The van der Waals surface area contributed by atoms with Crippen LogP contribution >= 0.6 is 0 Å². The van der Waals surface area contributed by atoms with Gasteiger partial charge in [-0.1, -0.05) is 39.0 Å². The number of alkyl halides is 3. The molecule has 2 aromatic rings. The van der Waals surface area contributed by atoms with Crippen molar-refractivity contribution in [2.45, 2.75) is 59.6 Å². The van der Waals surface area contributed by atoms with Crippen LogP contribution in [0.2, 0.25) is 0 Å². The summed E-state index contributed by atoms with van der Waals surface area (Å²) in [6.07, 6.45) is 17.5. The van der Waals surface area contributed by atoms with Gasteiger partial charge in [-0.2, -0.15) is 18.3 Å². The van der Waals surface area contributed by atoms with E-state index in [0.717, 1.165) is 17.3 Å². The minimum atomic E-state index is -4.46. The number of amides is 1. The number of aromatic nitrogens is 4. The highest BCUT2D eigenvalue weighted by molar-refractivity contribution is 5.97. The molecule has 2 aromatic heterocycles. The van der Waals surface area contributed by atoms with Crippen LogP contribution in [0.15, 0.2) is 78.8 Å². The third-order valence-electron chi connectivity index (χ3n) is 6.00. The molecule has 9 nitrogen and oxygen atoms in total. The maximum absolute atomic E-state index is 13.4. The molecule has 0 aliphatic carbocycles. The van der Waals surface area contributed by atoms with Gasteiger partial charge in [-0.15, -0.1) is 12.8 Å². The van der Waals surface area contributed by atoms with Crippen LogP contribution in [-0.4, -0.2) is 36.4 Å². The van der Waals surface area contributed by atoms with Crippen molar-refractivity contribution in [3.63, 3.8) is 0 Å². The van der Waals surface area contributed by atoms with E-state index in [4.69, 9.17) is 11.6 Å². The average molecular weight is 599 g/mol. The minimum absolute atomic E-state index is 0.0400. The van der Waals surface area contributed by atoms with Crippen LogP contribution in [0.25, 0.3) is 11.4 Å². The van der Waals surface area contributed by atoms with E-state index < -0.39 is 18.5 Å². The first-order valence-corrected chi connectivity index (χ1v) is 13.5. The minimum Gasteiger partial charge on any atom is -0.397 e. The van der Waals surface area contributed by atoms with E-state index in [-0.39, 0.29) is 11.3 Å². The van der Waals surface area contributed by atoms with Crippen molar-refractivity contribution in [2.75, 3.05) is 0 Å². The Hall–Kier alpha value is -4.76. The Bertz CT molecular complexity index is 1420. The first kappa shape index (κ1) is 36.3. The highest BCUT2D eigenvalue weighted by Gasteiger charge is 2.25. The van der Waals surface area contributed by atoms with Crippen molar-refractivity contribution < 1.29 is 18.0 Å². The molecule has 0 unspecified atom stereocenters. The number of nitrogens with two attached hydrogens (primary N) is 2. The summed E-state index contributed by atoms with van der Waals surface area (Å²) in [6, 6.07) is 0. The van der Waals surface area contributed by atoms with Crippen molar-refractivity contribution in [3.05, 3.63) is 95.8 Å². The van der Waals surface area contributed by atoms with Crippen LogP contribution in [0.4, 0.5) is 13.2 Å². The van der Waals surface area contributed by atoms with Gasteiger partial charge in [-0.05, 0) is 44.9 Å². The molecule has 0 aliphatic heterocycles. The zero-order valence-electron chi connectivity index (χ0n) is 25.3. The molecule has 0 bridgehead atoms. The second-order valence-electron chi connectivity index (χ2n) is 9.34. The fourth-order valence-electron chi connectivity index (χ4n) is 3.77. The van der Waals surface area contributed by atoms with E-state index in [2.05, 4.69) is 34.8 Å². The summed E-state index contributed by atoms with van der Waals surface area (Å²) in [5.74, 6) is 5.75. The number of nitrogens with zero attached hydrogens (tertiary/aromatic N) is 5. The van der Waals surface area contributed by atoms with Crippen molar-refractivity contribution in [1.82, 2.24) is 29.7 Å². The SMILES string of the molecule is C#C.C=C/C(=C\C(=C/CC(F)(F)F)NC(=O)C(=C/CC)/C=C(\CCC)N(N)/C=C(\N)c1cnn(C)c1C)n1cnc(C)c1. The number of allylic oxidation sites excluding steroid dienone is 6. The zero-order valence-corrected chi connectivity index (χ0v) is 25.3. The lowest BCUT2D eigenvalue weighted by atomic mass is 10.1. The summed E-state index contributed by atoms with van der Waals surface area (Å²) >= 11 is 0. The molecule has 232 valence electrons. The largest absolute Gasteiger partial charge is 0.397 e. The maximum atomic E-state index is 13.4. The topological polar surface area (TPSA) is 120 Å². The van der Waals surface area contributed by atoms with E-state index >= 15 is 0 Å². The Labute approximate surface area is 251 Å². The number of carbonyl (C=O) groups is 1. The molecule has 2 heterocycles. The van der Waals surface area contributed by atoms with Gasteiger partial charge in [0.2, 0.25) is 0 Å². The Morgan fingerprint density at radius 3 is 2.37 bits per heavy atom. The lowest BCUT2D eigenvalue weighted by Gasteiger charge is -2.20. The van der Waals surface area contributed by atoms with Crippen LogP contribution in [-0.2, 0) is 11.8 Å². The maximum Gasteiger partial charge on any atom is 0.392 e. The molecule has 1 amide bonds. The fraction of sp³-hybridized carbons (Fsp3) is 0.323. The average Bonchev–Trinajstić information content (AvgIpc) is 3.54. The van der Waals surface area contributed by atoms with Gasteiger partial charge in [0.1, 0.15) is 0 Å². The highest BCUT2D eigenvalue weighted by Crippen LogP contribution is 2.22. The first-order valence-electron chi connectivity index (χ1n) is 13.5. The highest BCUT2D eigenvalue weighted by atomic mass is 19.4. The molecule has 2 rings (SSSR count). The Morgan fingerprint density at radius 1 is 1.21 bits per heavy atom. The Morgan fingerprint density at radius 2 is 1.88 bits per heavy atom. The van der Waals surface area contributed by atoms with Crippen LogP contribution in [0, 0.1) is 26.7 Å². The molecule has 0 aliphatic rings. The Balaban J connectivity index is 0.00000452. The summed E-state index contributed by atoms with van der Waals surface area (Å²) in [4.78, 5) is 17.5. The normalized spacial score (nSPS) is 13.3. The van der Waals surface area contributed by atoms with Crippen LogP contribution in [0.5, 0.6) is 0 Å². The fourth-order valence-corrected chi connectivity index (χ4v) is 3.77. The molecule has 0 aromatic carbocycles. The van der Waals surface area contributed by atoms with Gasteiger partial charge in [-0.3, -0.25) is 14.5 Å². The van der Waals surface area contributed by atoms with Crippen molar-refractivity contribution >= 4 is 17.3 Å². The molecule has 0 atom stereocenters. The van der Waals surface area contributed by atoms with E-state index in [1.165, 1.54) is 23.5 Å². The molecule has 0 radical (unpaired) electrons. The number of carbonyl (C=O) groups excluding carboxylic acids is 1. The molecular weight excluding hydrogens is 557 g/mol. The number of nitrogens with one attached hydrogen (secondary N) is 1. The molecule has 0 spiro atoms. The van der Waals surface area contributed by atoms with E-state index in [1.807, 2.05) is 20.8 Å². The summed E-state index contributed by atoms with van der Waals surface area (Å²) in [5.41, 5.74) is 10.2. The molecule has 0 saturated carbocycles. The number of hydrogen-bond acceptors (Lipinski definition) is 6. The molecule has 0 fully saturated rings. The van der Waals surface area contributed by atoms with Gasteiger partial charge in [0.05, 0.1) is 30.3 Å². The first-order chi connectivity index (χ1) is 20.3. The van der Waals surface area contributed by atoms with Crippen LogP contribution < -0.4 is 16.9 Å². The van der Waals surface area contributed by atoms with E-state index in [9.17, 15) is 18.0 Å². The number of imidazole rings is 1. The molecule has 0 saturated heterocycles. The predicted octanol–water partition coefficient (Wildman–Crippen LogP) is 5.62. The predicted molar refractivity (Wildman–Crippen MR) is 166 cm³/mol. The number of hydrazine groups is 1. The van der Waals surface area contributed by atoms with Gasteiger partial charge < -0.3 is 15.6 Å². The van der Waals surface area contributed by atoms with Crippen LogP contribution in [0.3, 0.4) is 0 Å². The number of aryl methyl sites for hydroxylation is 2. The molecule has 43 heavy (non-hydrogen) atoms.